The number of unbranched alkanes of at least 4 members (excludes halogenated alkanes) is 1. The molecule has 38 heteroatoms. The number of nitrogens with two attached hydrogens (primary N) is 2. The molecule has 0 spiro atoms. The van der Waals surface area contributed by atoms with Gasteiger partial charge in [-0.15, -0.1) is 0 Å². The molecule has 0 saturated carbocycles. The summed E-state index contributed by atoms with van der Waals surface area (Å²) in [5.41, 5.74) is 13.7. The lowest BCUT2D eigenvalue weighted by molar-refractivity contribution is -0.148. The standard InChI is InChI=1S/C83H110N14O21S3/c1-47(98)31-53(27-30-119-3)75(110)94-63-45-121-43-52-20-12-19-51(32-52)42-120-44-62(93-77(112)54(33-49-15-6-4-7-16-49)35-66(100)58(25-26-70(103)104)89-81(116)73(48(2)99)95-80(115)64-22-13-28-96(64)83(118)65-23-14-29-97(65)82(63)117)68(102)37-56(38-71(105)106)78(113)91-60(39-57-41-87-46-88-57)67(101)36-55(34-50-17-8-5-9-18-50)76(111)90-59(21-10-11-24-69(84)85)79(114)92-61(74(86)109)40-72(107)108/h4-9,12,15-20,32,41,46,48,53-56,58-65,73,99H,10-11,13-14,21-31,33-40,42-45H2,1-3H3,(H3,84,85)(H2,86,109)(H,87,88)(H,89,116)(H,90,111)(H,91,113)(H,92,114)(H,93,112)(H,94,110)(H,95,115)(H,103,104)(H,105,106)(H,107,108)/t48-,53-,54-,55-,56+,58+,59+,60+,61-,62+,63+,64+,65+,73+/m1/s1. The van der Waals surface area contributed by atoms with Gasteiger partial charge < -0.3 is 88.7 Å². The highest BCUT2D eigenvalue weighted by Crippen LogP contribution is 2.30. The minimum Gasteiger partial charge on any atom is -0.481 e. The number of nitrogens with zero attached hydrogens (tertiary/aromatic N) is 3. The topological polar surface area (TPSA) is 566 Å². The monoisotopic (exact) mass is 1730 g/mol. The van der Waals surface area contributed by atoms with E-state index in [2.05, 4.69) is 47.2 Å². The molecule has 4 heterocycles. The van der Waals surface area contributed by atoms with Gasteiger partial charge in [0.1, 0.15) is 42.0 Å². The van der Waals surface area contributed by atoms with Gasteiger partial charge in [-0.3, -0.25) is 82.1 Å². The first-order valence-corrected chi connectivity index (χ1v) is 43.9. The number of aliphatic hydroxyl groups excluding tert-OH is 1. The predicted octanol–water partition coefficient (Wildman–Crippen LogP) is 2.24. The van der Waals surface area contributed by atoms with E-state index in [1.165, 1.54) is 59.7 Å². The molecule has 2 saturated heterocycles. The molecule has 656 valence electrons. The molecule has 7 rings (SSSR count). The van der Waals surface area contributed by atoms with Gasteiger partial charge in [-0.05, 0) is 112 Å². The highest BCUT2D eigenvalue weighted by atomic mass is 32.2. The lowest BCUT2D eigenvalue weighted by Crippen LogP contribution is -2.60. The second-order valence-electron chi connectivity index (χ2n) is 30.8. The molecule has 3 aromatic carbocycles. The molecule has 1 aromatic heterocycles. The number of primary amides is 1. The number of hydrogen-bond acceptors (Lipinski definition) is 23. The van der Waals surface area contributed by atoms with Crippen molar-refractivity contribution in [3.8, 4) is 0 Å². The molecule has 14 atom stereocenters. The van der Waals surface area contributed by atoms with Gasteiger partial charge in [-0.1, -0.05) is 91.3 Å². The van der Waals surface area contributed by atoms with Crippen molar-refractivity contribution in [3.05, 3.63) is 125 Å². The number of carbonyl (C=O) groups is 17. The van der Waals surface area contributed by atoms with Crippen LogP contribution >= 0.6 is 35.3 Å². The zero-order valence-electron chi connectivity index (χ0n) is 67.9. The lowest BCUT2D eigenvalue weighted by atomic mass is 9.88. The largest absolute Gasteiger partial charge is 0.481 e. The average molecular weight is 1740 g/mol. The van der Waals surface area contributed by atoms with Crippen molar-refractivity contribution in [1.29, 1.82) is 5.41 Å². The molecule has 0 unspecified atom stereocenters. The van der Waals surface area contributed by atoms with Gasteiger partial charge >= 0.3 is 17.9 Å². The number of carboxylic acids is 3. The summed E-state index contributed by atoms with van der Waals surface area (Å²) >= 11 is 3.89. The highest BCUT2D eigenvalue weighted by Gasteiger charge is 2.46. The molecule has 121 heavy (non-hydrogen) atoms. The van der Waals surface area contributed by atoms with Gasteiger partial charge in [0.05, 0.1) is 60.8 Å². The zero-order valence-corrected chi connectivity index (χ0v) is 70.3. The third-order valence-electron chi connectivity index (χ3n) is 21.1. The van der Waals surface area contributed by atoms with Gasteiger partial charge in [0, 0.05) is 105 Å². The second-order valence-corrected chi connectivity index (χ2v) is 33.8. The van der Waals surface area contributed by atoms with Crippen LogP contribution in [0.5, 0.6) is 0 Å². The Hall–Kier alpha value is -10.9. The summed E-state index contributed by atoms with van der Waals surface area (Å²) in [6.45, 7) is 2.71. The fraction of sp³-hybridized carbons (Fsp3) is 0.530. The number of fused-ring (bicyclic) bond motifs is 4. The Bertz CT molecular complexity index is 4320. The number of ketones is 4. The van der Waals surface area contributed by atoms with Crippen molar-refractivity contribution in [3.63, 3.8) is 0 Å². The first kappa shape index (κ1) is 97.3. The number of nitrogens with one attached hydrogen (secondary N) is 9. The Labute approximate surface area is 713 Å². The van der Waals surface area contributed by atoms with Crippen LogP contribution in [0.25, 0.3) is 0 Å². The van der Waals surface area contributed by atoms with Crippen molar-refractivity contribution in [2.75, 3.05) is 36.6 Å². The number of amidine groups is 1. The number of amides is 10. The maximum Gasteiger partial charge on any atom is 0.305 e. The average Bonchev–Trinajstić information content (AvgIpc) is 1.67. The van der Waals surface area contributed by atoms with E-state index >= 15 is 24.0 Å². The number of carbonyl (C=O) groups excluding carboxylic acids is 14. The van der Waals surface area contributed by atoms with Crippen molar-refractivity contribution < 1.29 is 102 Å². The fourth-order valence-electron chi connectivity index (χ4n) is 14.8. The molecule has 2 bridgehead atoms. The normalized spacial score (nSPS) is 20.9. The van der Waals surface area contributed by atoms with E-state index < -0.39 is 223 Å². The SMILES string of the molecule is CSCC[C@H](CC(C)=O)C(=O)N[C@H]1CSCc2cccc(c2)CSC[C@@H](C(=O)C[C@@H](CC(=O)O)C(=O)N[C@@H](Cc2c[nH]cn2)C(=O)C[C@@H](Cc2ccccc2)C(=O)N[C@@H](CCCCC(=N)N)C(=O)N[C@H](CC(=O)O)C(N)=O)NC(=O)[C@H](Cc2ccccc2)CC(=O)[C@H](CCC(=O)O)NC(=O)[C@H]([C@@H](C)O)NC(=O)[C@@H]2CCCN2C(=O)[C@@H]2CCCN2C1=O. The van der Waals surface area contributed by atoms with E-state index in [0.29, 0.717) is 41.7 Å². The van der Waals surface area contributed by atoms with Crippen molar-refractivity contribution in [2.24, 2.45) is 35.1 Å². The summed E-state index contributed by atoms with van der Waals surface area (Å²) in [7, 11) is 0. The number of aliphatic carboxylic acids is 3. The Morgan fingerprint density at radius 3 is 1.85 bits per heavy atom. The summed E-state index contributed by atoms with van der Waals surface area (Å²) < 4.78 is 0. The number of aliphatic hydroxyl groups is 1. The van der Waals surface area contributed by atoms with Crippen LogP contribution in [-0.2, 0) is 112 Å². The van der Waals surface area contributed by atoms with Crippen LogP contribution in [0, 0.1) is 29.1 Å². The maximum atomic E-state index is 15.4. The van der Waals surface area contributed by atoms with Crippen LogP contribution in [0.15, 0.2) is 97.5 Å². The molecular weight excluding hydrogens is 1630 g/mol. The maximum absolute atomic E-state index is 15.4. The van der Waals surface area contributed by atoms with Crippen LogP contribution in [-0.4, -0.2) is 243 Å². The highest BCUT2D eigenvalue weighted by molar-refractivity contribution is 7.99. The molecule has 0 aliphatic carbocycles. The van der Waals surface area contributed by atoms with Crippen molar-refractivity contribution in [1.82, 2.24) is 57.0 Å². The van der Waals surface area contributed by atoms with Crippen LogP contribution in [0.4, 0.5) is 0 Å². The summed E-state index contributed by atoms with van der Waals surface area (Å²) in [4.78, 5) is 249. The number of hydrogen-bond donors (Lipinski definition) is 15. The van der Waals surface area contributed by atoms with Gasteiger partial charge in [-0.25, -0.2) is 4.98 Å². The quantitative estimate of drug-likeness (QED) is 0.0173. The molecule has 35 nitrogen and oxygen atoms in total. The minimum absolute atomic E-state index is 0.0140. The van der Waals surface area contributed by atoms with E-state index in [9.17, 15) is 78.0 Å². The predicted molar refractivity (Wildman–Crippen MR) is 448 cm³/mol. The van der Waals surface area contributed by atoms with Crippen LogP contribution < -0.4 is 48.7 Å². The third kappa shape index (κ3) is 31.9. The molecule has 10 amide bonds. The molecule has 0 radical (unpaired) electrons. The van der Waals surface area contributed by atoms with Gasteiger partial charge in [0.15, 0.2) is 17.3 Å². The second kappa shape index (κ2) is 49.2. The van der Waals surface area contributed by atoms with Crippen LogP contribution in [0.1, 0.15) is 151 Å². The van der Waals surface area contributed by atoms with Gasteiger partial charge in [0.25, 0.3) is 0 Å². The van der Waals surface area contributed by atoms with E-state index in [1.54, 1.807) is 72.8 Å². The summed E-state index contributed by atoms with van der Waals surface area (Å²) in [5.74, 6) is -21.1. The molecule has 3 aliphatic heterocycles. The number of imidazole rings is 1. The number of Topliss-reactive ketones (excluding diaryl/α,β-unsaturated/α-hetero) is 4. The molecule has 4 aromatic rings. The number of aromatic nitrogens is 2. The number of aromatic amines is 1. The van der Waals surface area contributed by atoms with E-state index in [4.69, 9.17) is 16.9 Å². The number of benzene rings is 3. The molecular formula is C83H110N14O21S3. The van der Waals surface area contributed by atoms with Crippen LogP contribution in [0.3, 0.4) is 0 Å². The van der Waals surface area contributed by atoms with Gasteiger partial charge in [-0.2, -0.15) is 35.3 Å². The summed E-state index contributed by atoms with van der Waals surface area (Å²) in [6.07, 6.45) is -1.88. The smallest absolute Gasteiger partial charge is 0.305 e. The Morgan fingerprint density at radius 1 is 0.628 bits per heavy atom. The molecule has 3 aliphatic rings. The lowest BCUT2D eigenvalue weighted by Gasteiger charge is -2.34. The Balaban J connectivity index is 1.25. The minimum atomic E-state index is -1.84. The third-order valence-corrected chi connectivity index (χ3v) is 24.0. The number of thioether (sulfide) groups is 3. The first-order chi connectivity index (χ1) is 57.7. The van der Waals surface area contributed by atoms with E-state index in [1.807, 2.05) is 18.4 Å². The van der Waals surface area contributed by atoms with Gasteiger partial charge in [0.2, 0.25) is 59.1 Å². The van der Waals surface area contributed by atoms with E-state index in [0.717, 1.165) is 17.3 Å². The zero-order chi connectivity index (χ0) is 88.4. The first-order valence-electron chi connectivity index (χ1n) is 40.2. The molecule has 2 fully saturated rings. The summed E-state index contributed by atoms with van der Waals surface area (Å²) in [6, 6.07) is 10.3. The fourth-order valence-corrected chi connectivity index (χ4v) is 17.3. The molecule has 17 N–H and O–H groups in total. The number of carboxylic acid groups (broad SMARTS) is 3. The van der Waals surface area contributed by atoms with Crippen molar-refractivity contribution >= 4 is 141 Å². The summed E-state index contributed by atoms with van der Waals surface area (Å²) in [5, 5.41) is 67.1. The van der Waals surface area contributed by atoms with Crippen molar-refractivity contribution in [2.45, 2.75) is 214 Å². The van der Waals surface area contributed by atoms with E-state index in [-0.39, 0.29) is 118 Å². The number of rotatable bonds is 39. The Morgan fingerprint density at radius 2 is 1.25 bits per heavy atom. The number of H-pyrrole nitrogens is 1. The van der Waals surface area contributed by atoms with Crippen LogP contribution in [0.2, 0.25) is 0 Å². The Kier molecular flexibility index (Phi) is 39.5.